The zero-order valence-corrected chi connectivity index (χ0v) is 19.7. The molecule has 2 aromatic carbocycles. The van der Waals surface area contributed by atoms with Gasteiger partial charge in [0.25, 0.3) is 5.91 Å². The number of fused-ring (bicyclic) bond motifs is 1. The Morgan fingerprint density at radius 1 is 1.08 bits per heavy atom. The number of carbonyl (C=O) groups excluding carboxylic acids is 2. The normalized spacial score (nSPS) is 12.2. The predicted molar refractivity (Wildman–Crippen MR) is 132 cm³/mol. The lowest BCUT2D eigenvalue weighted by Crippen LogP contribution is -2.48. The minimum atomic E-state index is -4.54. The number of nitrogens with zero attached hydrogens (tertiary/aromatic N) is 1. The molecule has 0 aliphatic rings. The van der Waals surface area contributed by atoms with Gasteiger partial charge in [0.05, 0.1) is 12.7 Å². The molecule has 2 amide bonds. The molecule has 0 saturated carbocycles. The highest BCUT2D eigenvalue weighted by Gasteiger charge is 2.31. The number of amides is 2. The number of hydrogen-bond acceptors (Lipinski definition) is 5. The number of H-pyrrole nitrogens is 1. The third-order valence-electron chi connectivity index (χ3n) is 5.70. The van der Waals surface area contributed by atoms with Crippen LogP contribution in [0.25, 0.3) is 10.9 Å². The average molecular weight is 512 g/mol. The number of carbonyl (C=O) groups is 2. The SMILES string of the molecule is COc1ccc2[nH]c(C(=O)N[C@@H](Cc3cccc(C(F)(F)F)c3)C(=O)NCc3ccc(N)nc3)cc2c1. The zero-order chi connectivity index (χ0) is 26.6. The van der Waals surface area contributed by atoms with Crippen LogP contribution in [-0.4, -0.2) is 34.9 Å². The molecule has 5 N–H and O–H groups in total. The summed E-state index contributed by atoms with van der Waals surface area (Å²) in [5.74, 6) is -0.227. The molecule has 0 aliphatic carbocycles. The highest BCUT2D eigenvalue weighted by atomic mass is 19.4. The number of aromatic amines is 1. The van der Waals surface area contributed by atoms with Crippen molar-refractivity contribution in [2.45, 2.75) is 25.2 Å². The maximum atomic E-state index is 13.2. The Kier molecular flexibility index (Phi) is 7.32. The molecule has 0 radical (unpaired) electrons. The number of hydrogen-bond donors (Lipinski definition) is 4. The molecular weight excluding hydrogens is 487 g/mol. The summed E-state index contributed by atoms with van der Waals surface area (Å²) in [5.41, 5.74) is 6.51. The Hall–Kier alpha value is -4.54. The average Bonchev–Trinajstić information content (AvgIpc) is 3.31. The number of nitrogens with two attached hydrogens (primary N) is 1. The summed E-state index contributed by atoms with van der Waals surface area (Å²) in [6.45, 7) is 0.0905. The van der Waals surface area contributed by atoms with Gasteiger partial charge in [-0.3, -0.25) is 9.59 Å². The van der Waals surface area contributed by atoms with Crippen LogP contribution in [0.4, 0.5) is 19.0 Å². The zero-order valence-electron chi connectivity index (χ0n) is 19.7. The molecule has 4 rings (SSSR count). The van der Waals surface area contributed by atoms with E-state index >= 15 is 0 Å². The molecule has 192 valence electrons. The second-order valence-electron chi connectivity index (χ2n) is 8.37. The number of halogens is 3. The summed E-state index contributed by atoms with van der Waals surface area (Å²) in [4.78, 5) is 33.1. The Morgan fingerprint density at radius 2 is 1.89 bits per heavy atom. The van der Waals surface area contributed by atoms with Crippen molar-refractivity contribution in [3.63, 3.8) is 0 Å². The van der Waals surface area contributed by atoms with Gasteiger partial charge in [-0.15, -0.1) is 0 Å². The van der Waals surface area contributed by atoms with E-state index in [1.807, 2.05) is 0 Å². The highest BCUT2D eigenvalue weighted by molar-refractivity contribution is 6.00. The van der Waals surface area contributed by atoms with E-state index in [-0.39, 0.29) is 24.2 Å². The Bertz CT molecular complexity index is 1420. The number of pyridine rings is 1. The van der Waals surface area contributed by atoms with Gasteiger partial charge in [-0.05, 0) is 47.5 Å². The number of ether oxygens (including phenoxy) is 1. The molecule has 8 nitrogen and oxygen atoms in total. The fourth-order valence-electron chi connectivity index (χ4n) is 3.77. The number of anilines is 1. The standard InChI is InChI=1S/C26H24F3N5O3/c1-37-19-6-7-20-17(11-19)12-22(33-20)25(36)34-21(10-15-3-2-4-18(9-15)26(27,28)29)24(35)32-14-16-5-8-23(30)31-13-16/h2-9,11-13,21,33H,10,14H2,1H3,(H2,30,31)(H,32,35)(H,34,36)/t21-/m0/s1. The van der Waals surface area contributed by atoms with Crippen LogP contribution >= 0.6 is 0 Å². The number of alkyl halides is 3. The van der Waals surface area contributed by atoms with Crippen LogP contribution in [0.3, 0.4) is 0 Å². The van der Waals surface area contributed by atoms with Crippen LogP contribution in [0.1, 0.15) is 27.2 Å². The van der Waals surface area contributed by atoms with Gasteiger partial charge in [0.15, 0.2) is 0 Å². The maximum Gasteiger partial charge on any atom is 0.416 e. The van der Waals surface area contributed by atoms with Crippen molar-refractivity contribution in [3.05, 3.63) is 89.2 Å². The van der Waals surface area contributed by atoms with Crippen LogP contribution in [0.15, 0.2) is 66.9 Å². The summed E-state index contributed by atoms with van der Waals surface area (Å²) in [5, 5.41) is 6.06. The topological polar surface area (TPSA) is 122 Å². The van der Waals surface area contributed by atoms with Gasteiger partial charge in [-0.1, -0.05) is 24.3 Å². The largest absolute Gasteiger partial charge is 0.497 e. The summed E-state index contributed by atoms with van der Waals surface area (Å²) >= 11 is 0. The fourth-order valence-corrected chi connectivity index (χ4v) is 3.77. The summed E-state index contributed by atoms with van der Waals surface area (Å²) in [7, 11) is 1.53. The quantitative estimate of drug-likeness (QED) is 0.287. The smallest absolute Gasteiger partial charge is 0.416 e. The van der Waals surface area contributed by atoms with Gasteiger partial charge in [-0.2, -0.15) is 13.2 Å². The van der Waals surface area contributed by atoms with Crippen molar-refractivity contribution < 1.29 is 27.5 Å². The molecule has 0 saturated heterocycles. The first-order valence-corrected chi connectivity index (χ1v) is 11.2. The number of nitrogen functional groups attached to an aromatic ring is 1. The Morgan fingerprint density at radius 3 is 2.59 bits per heavy atom. The number of methoxy groups -OCH3 is 1. The summed E-state index contributed by atoms with van der Waals surface area (Å²) in [6.07, 6.45) is -3.20. The van der Waals surface area contributed by atoms with E-state index in [4.69, 9.17) is 10.5 Å². The predicted octanol–water partition coefficient (Wildman–Crippen LogP) is 3.83. The Labute approximate surface area is 210 Å². The molecule has 4 aromatic rings. The van der Waals surface area contributed by atoms with E-state index in [0.717, 1.165) is 17.5 Å². The minimum Gasteiger partial charge on any atom is -0.497 e. The number of aromatic nitrogens is 2. The second kappa shape index (κ2) is 10.6. The second-order valence-corrected chi connectivity index (χ2v) is 8.37. The van der Waals surface area contributed by atoms with Crippen molar-refractivity contribution in [2.75, 3.05) is 12.8 Å². The van der Waals surface area contributed by atoms with E-state index in [1.54, 1.807) is 36.4 Å². The molecule has 2 aromatic heterocycles. The molecule has 37 heavy (non-hydrogen) atoms. The van der Waals surface area contributed by atoms with Crippen molar-refractivity contribution in [3.8, 4) is 5.75 Å². The lowest BCUT2D eigenvalue weighted by atomic mass is 10.0. The van der Waals surface area contributed by atoms with Crippen molar-refractivity contribution in [1.82, 2.24) is 20.6 Å². The number of nitrogens with one attached hydrogen (secondary N) is 3. The molecule has 0 fully saturated rings. The summed E-state index contributed by atoms with van der Waals surface area (Å²) in [6, 6.07) is 13.6. The van der Waals surface area contributed by atoms with Crippen LogP contribution in [0, 0.1) is 0 Å². The highest BCUT2D eigenvalue weighted by Crippen LogP contribution is 2.30. The van der Waals surface area contributed by atoms with Crippen LogP contribution < -0.4 is 21.1 Å². The molecule has 0 aliphatic heterocycles. The van der Waals surface area contributed by atoms with E-state index in [0.29, 0.717) is 22.6 Å². The first-order chi connectivity index (χ1) is 17.6. The van der Waals surface area contributed by atoms with Crippen molar-refractivity contribution >= 4 is 28.5 Å². The van der Waals surface area contributed by atoms with Crippen LogP contribution in [-0.2, 0) is 23.9 Å². The third-order valence-corrected chi connectivity index (χ3v) is 5.70. The molecule has 0 bridgehead atoms. The third kappa shape index (κ3) is 6.37. The van der Waals surface area contributed by atoms with Crippen molar-refractivity contribution in [1.29, 1.82) is 0 Å². The maximum absolute atomic E-state index is 13.2. The van der Waals surface area contributed by atoms with Crippen molar-refractivity contribution in [2.24, 2.45) is 0 Å². The van der Waals surface area contributed by atoms with E-state index in [1.165, 1.54) is 25.4 Å². The van der Waals surface area contributed by atoms with E-state index in [9.17, 15) is 22.8 Å². The lowest BCUT2D eigenvalue weighted by Gasteiger charge is -2.19. The molecule has 0 spiro atoms. The molecule has 2 heterocycles. The van der Waals surface area contributed by atoms with Gasteiger partial charge in [0.1, 0.15) is 23.3 Å². The molecule has 11 heteroatoms. The fraction of sp³-hybridized carbons (Fsp3) is 0.192. The Balaban J connectivity index is 1.55. The molecule has 0 unspecified atom stereocenters. The van der Waals surface area contributed by atoms with Gasteiger partial charge in [0, 0.05) is 30.1 Å². The van der Waals surface area contributed by atoms with Gasteiger partial charge in [0.2, 0.25) is 5.91 Å². The minimum absolute atomic E-state index is 0.0905. The lowest BCUT2D eigenvalue weighted by molar-refractivity contribution is -0.137. The number of benzene rings is 2. The van der Waals surface area contributed by atoms with E-state index < -0.39 is 29.6 Å². The number of rotatable bonds is 8. The monoisotopic (exact) mass is 511 g/mol. The first-order valence-electron chi connectivity index (χ1n) is 11.2. The van der Waals surface area contributed by atoms with E-state index in [2.05, 4.69) is 20.6 Å². The van der Waals surface area contributed by atoms with Gasteiger partial charge in [-0.25, -0.2) is 4.98 Å². The van der Waals surface area contributed by atoms with Gasteiger partial charge < -0.3 is 26.1 Å². The van der Waals surface area contributed by atoms with Gasteiger partial charge >= 0.3 is 6.18 Å². The molecular formula is C26H24F3N5O3. The first kappa shape index (κ1) is 25.5. The summed E-state index contributed by atoms with van der Waals surface area (Å²) < 4.78 is 44.8. The molecule has 1 atom stereocenters. The van der Waals surface area contributed by atoms with Crippen LogP contribution in [0.5, 0.6) is 5.75 Å². The van der Waals surface area contributed by atoms with Crippen LogP contribution in [0.2, 0.25) is 0 Å².